The van der Waals surface area contributed by atoms with Crippen LogP contribution in [0.2, 0.25) is 0 Å². The molecule has 0 rings (SSSR count). The van der Waals surface area contributed by atoms with Gasteiger partial charge in [0.15, 0.2) is 5.83 Å². The molecule has 14 heavy (non-hydrogen) atoms. The van der Waals surface area contributed by atoms with Crippen LogP contribution in [-0.2, 0) is 4.79 Å². The van der Waals surface area contributed by atoms with Gasteiger partial charge in [-0.3, -0.25) is 4.79 Å². The Morgan fingerprint density at radius 1 is 1.43 bits per heavy atom. The molecule has 0 aliphatic carbocycles. The molecule has 0 aromatic rings. The molecule has 0 aromatic heterocycles. The van der Waals surface area contributed by atoms with Crippen molar-refractivity contribution in [3.8, 4) is 0 Å². The van der Waals surface area contributed by atoms with Gasteiger partial charge in [0.05, 0.1) is 6.04 Å². The highest BCUT2D eigenvalue weighted by molar-refractivity contribution is 5.85. The number of nitrogens with two attached hydrogens (primary N) is 1. The third kappa shape index (κ3) is 6.73. The van der Waals surface area contributed by atoms with E-state index in [0.717, 1.165) is 0 Å². The molecule has 0 bridgehead atoms. The number of nitrogens with one attached hydrogen (secondary N) is 1. The largest absolute Gasteiger partial charge is 0.354 e. The summed E-state index contributed by atoms with van der Waals surface area (Å²) in [6, 6.07) is -0.720. The number of rotatable bonds is 4. The van der Waals surface area contributed by atoms with Gasteiger partial charge in [-0.2, -0.15) is 8.78 Å². The van der Waals surface area contributed by atoms with Crippen LogP contribution in [0.3, 0.4) is 0 Å². The zero-order valence-corrected chi connectivity index (χ0v) is 8.34. The molecule has 3 N–H and O–H groups in total. The lowest BCUT2D eigenvalue weighted by Gasteiger charge is -2.05. The summed E-state index contributed by atoms with van der Waals surface area (Å²) < 4.78 is 35.1. The number of amides is 1. The minimum atomic E-state index is -2.35. The van der Waals surface area contributed by atoms with Crippen LogP contribution in [0.5, 0.6) is 0 Å². The van der Waals surface area contributed by atoms with Gasteiger partial charge in [0.2, 0.25) is 5.91 Å². The summed E-state index contributed by atoms with van der Waals surface area (Å²) >= 11 is 0. The smallest absolute Gasteiger partial charge is 0.301 e. The first-order valence-electron chi connectivity index (χ1n) is 3.68. The molecule has 0 aliphatic rings. The molecular formula is C7H12ClF3N2O. The summed E-state index contributed by atoms with van der Waals surface area (Å²) in [7, 11) is 0. The number of carbonyl (C=O) groups excluding carboxylic acids is 1. The van der Waals surface area contributed by atoms with Gasteiger partial charge in [0.25, 0.3) is 0 Å². The van der Waals surface area contributed by atoms with Crippen LogP contribution >= 0.6 is 12.4 Å². The summed E-state index contributed by atoms with van der Waals surface area (Å²) in [6.45, 7) is 1.26. The lowest BCUT2D eigenvalue weighted by Crippen LogP contribution is -2.38. The quantitative estimate of drug-likeness (QED) is 0.769. The molecule has 1 atom stereocenters. The fourth-order valence-electron chi connectivity index (χ4n) is 0.551. The van der Waals surface area contributed by atoms with E-state index >= 15 is 0 Å². The molecule has 0 heterocycles. The van der Waals surface area contributed by atoms with E-state index in [0.29, 0.717) is 0 Å². The van der Waals surface area contributed by atoms with Crippen LogP contribution in [0.1, 0.15) is 13.3 Å². The molecular weight excluding hydrogens is 221 g/mol. The minimum Gasteiger partial charge on any atom is -0.354 e. The maximum absolute atomic E-state index is 12.1. The summed E-state index contributed by atoms with van der Waals surface area (Å²) in [4.78, 5) is 10.7. The average molecular weight is 233 g/mol. The Labute approximate surface area is 85.9 Å². The number of carbonyl (C=O) groups is 1. The summed E-state index contributed by atoms with van der Waals surface area (Å²) in [5.41, 5.74) is 5.15. The third-order valence-corrected chi connectivity index (χ3v) is 1.26. The van der Waals surface area contributed by atoms with Crippen molar-refractivity contribution >= 4 is 18.3 Å². The molecule has 0 saturated heterocycles. The Bertz CT molecular complexity index is 217. The first kappa shape index (κ1) is 15.7. The highest BCUT2D eigenvalue weighted by atomic mass is 35.5. The van der Waals surface area contributed by atoms with Crippen molar-refractivity contribution < 1.29 is 18.0 Å². The average Bonchev–Trinajstić information content (AvgIpc) is 2.03. The van der Waals surface area contributed by atoms with Crippen molar-refractivity contribution in [2.24, 2.45) is 5.73 Å². The Hall–Kier alpha value is -0.750. The second kappa shape index (κ2) is 7.64. The van der Waals surface area contributed by atoms with Gasteiger partial charge < -0.3 is 11.1 Å². The maximum atomic E-state index is 12.1. The molecule has 3 nitrogen and oxygen atoms in total. The molecule has 0 fully saturated rings. The lowest BCUT2D eigenvalue weighted by atomic mass is 10.3. The van der Waals surface area contributed by atoms with E-state index in [2.05, 4.69) is 5.32 Å². The molecule has 0 aromatic carbocycles. The van der Waals surface area contributed by atoms with Gasteiger partial charge in [0, 0.05) is 13.0 Å². The van der Waals surface area contributed by atoms with Crippen LogP contribution < -0.4 is 11.1 Å². The van der Waals surface area contributed by atoms with Crippen molar-refractivity contribution in [1.82, 2.24) is 5.32 Å². The van der Waals surface area contributed by atoms with Crippen LogP contribution in [-0.4, -0.2) is 18.5 Å². The zero-order chi connectivity index (χ0) is 10.4. The Balaban J connectivity index is 0. The van der Waals surface area contributed by atoms with E-state index in [1.807, 2.05) is 0 Å². The monoisotopic (exact) mass is 232 g/mol. The van der Waals surface area contributed by atoms with Crippen molar-refractivity contribution in [1.29, 1.82) is 0 Å². The van der Waals surface area contributed by atoms with Gasteiger partial charge in [-0.1, -0.05) is 0 Å². The predicted octanol–water partition coefficient (Wildman–Crippen LogP) is 1.34. The van der Waals surface area contributed by atoms with Gasteiger partial charge in [-0.25, -0.2) is 4.39 Å². The fourth-order valence-corrected chi connectivity index (χ4v) is 0.551. The van der Waals surface area contributed by atoms with Crippen LogP contribution in [0.4, 0.5) is 13.2 Å². The molecule has 84 valence electrons. The maximum Gasteiger partial charge on any atom is 0.301 e. The highest BCUT2D eigenvalue weighted by Crippen LogP contribution is 2.11. The van der Waals surface area contributed by atoms with Crippen molar-refractivity contribution in [3.05, 3.63) is 11.9 Å². The molecule has 0 spiro atoms. The van der Waals surface area contributed by atoms with Gasteiger partial charge in [-0.05, 0) is 6.92 Å². The Morgan fingerprint density at radius 3 is 2.29 bits per heavy atom. The minimum absolute atomic E-state index is 0. The molecule has 0 saturated carbocycles. The Morgan fingerprint density at radius 2 is 1.93 bits per heavy atom. The predicted molar refractivity (Wildman–Crippen MR) is 48.9 cm³/mol. The molecule has 0 aliphatic heterocycles. The van der Waals surface area contributed by atoms with E-state index in [4.69, 9.17) is 5.73 Å². The topological polar surface area (TPSA) is 55.1 Å². The summed E-state index contributed by atoms with van der Waals surface area (Å²) in [6.07, 6.45) is -2.86. The second-order valence-corrected chi connectivity index (χ2v) is 2.50. The molecule has 0 radical (unpaired) electrons. The van der Waals surface area contributed by atoms with Crippen LogP contribution in [0.15, 0.2) is 11.9 Å². The van der Waals surface area contributed by atoms with Gasteiger partial charge in [-0.15, -0.1) is 12.4 Å². The third-order valence-electron chi connectivity index (χ3n) is 1.26. The number of hydrogen-bond acceptors (Lipinski definition) is 2. The Kier molecular flexibility index (Phi) is 8.57. The zero-order valence-electron chi connectivity index (χ0n) is 7.52. The second-order valence-electron chi connectivity index (χ2n) is 2.50. The van der Waals surface area contributed by atoms with E-state index in [-0.39, 0.29) is 19.0 Å². The molecule has 1 unspecified atom stereocenters. The SMILES string of the molecule is CC(N)C(=O)NCCC(F)=C(F)F.Cl. The van der Waals surface area contributed by atoms with Crippen molar-refractivity contribution in [2.45, 2.75) is 19.4 Å². The fraction of sp³-hybridized carbons (Fsp3) is 0.571. The normalized spacial score (nSPS) is 11.2. The molecule has 7 heteroatoms. The first-order valence-corrected chi connectivity index (χ1v) is 3.68. The van der Waals surface area contributed by atoms with E-state index < -0.39 is 30.3 Å². The van der Waals surface area contributed by atoms with Crippen molar-refractivity contribution in [3.63, 3.8) is 0 Å². The van der Waals surface area contributed by atoms with E-state index in [9.17, 15) is 18.0 Å². The number of halogens is 4. The number of hydrogen-bond donors (Lipinski definition) is 2. The van der Waals surface area contributed by atoms with Crippen molar-refractivity contribution in [2.75, 3.05) is 6.54 Å². The van der Waals surface area contributed by atoms with E-state index in [1.54, 1.807) is 0 Å². The lowest BCUT2D eigenvalue weighted by molar-refractivity contribution is -0.121. The first-order chi connectivity index (χ1) is 5.95. The van der Waals surface area contributed by atoms with Gasteiger partial charge in [0.1, 0.15) is 0 Å². The van der Waals surface area contributed by atoms with Crippen LogP contribution in [0, 0.1) is 0 Å². The van der Waals surface area contributed by atoms with Crippen LogP contribution in [0.25, 0.3) is 0 Å². The standard InChI is InChI=1S/C7H11F3N2O.ClH/c1-4(11)7(13)12-3-2-5(8)6(9)10;/h4H,2-3,11H2,1H3,(H,12,13);1H. The van der Waals surface area contributed by atoms with Gasteiger partial charge >= 0.3 is 6.08 Å². The summed E-state index contributed by atoms with van der Waals surface area (Å²) in [5.74, 6) is -2.00. The summed E-state index contributed by atoms with van der Waals surface area (Å²) in [5, 5.41) is 2.20. The van der Waals surface area contributed by atoms with E-state index in [1.165, 1.54) is 6.92 Å². The highest BCUT2D eigenvalue weighted by Gasteiger charge is 2.08. The molecule has 1 amide bonds.